The third-order valence-corrected chi connectivity index (χ3v) is 9.31. The van der Waals surface area contributed by atoms with Crippen molar-refractivity contribution in [3.8, 4) is 16.9 Å². The summed E-state index contributed by atoms with van der Waals surface area (Å²) in [6, 6.07) is 10.6. The summed E-state index contributed by atoms with van der Waals surface area (Å²) in [6.45, 7) is -1.65. The van der Waals surface area contributed by atoms with E-state index >= 15 is 0 Å². The first-order chi connectivity index (χ1) is 20.8. The van der Waals surface area contributed by atoms with Gasteiger partial charge >= 0.3 is 18.8 Å². The standard InChI is InChI=1S/C29H27F6N3O5S/c1-42-27(39)7-8-36-9-10-37-22(16-36)17-38(44(40,41)24-4-2-3-20(14-24)29(33,34)35)26-13-18(5-6-25(26)37)19-11-21(30)15-23(12-19)43-28(31)32/h2-6,11-15,22,28H,7-10,16-17H2,1H3/t22-/m0/s1. The Morgan fingerprint density at radius 1 is 0.977 bits per heavy atom. The Balaban J connectivity index is 1.58. The lowest BCUT2D eigenvalue weighted by Crippen LogP contribution is -2.60. The summed E-state index contributed by atoms with van der Waals surface area (Å²) in [6.07, 6.45) is -4.66. The number of carbonyl (C=O) groups is 1. The number of carbonyl (C=O) groups excluding carboxylic acids is 1. The topological polar surface area (TPSA) is 79.4 Å². The van der Waals surface area contributed by atoms with Gasteiger partial charge in [-0.15, -0.1) is 0 Å². The van der Waals surface area contributed by atoms with Crippen LogP contribution in [0.15, 0.2) is 65.6 Å². The van der Waals surface area contributed by atoms with Gasteiger partial charge in [-0.2, -0.15) is 22.0 Å². The molecule has 1 atom stereocenters. The van der Waals surface area contributed by atoms with Gasteiger partial charge in [-0.1, -0.05) is 12.1 Å². The molecule has 0 radical (unpaired) electrons. The van der Waals surface area contributed by atoms with Crippen molar-refractivity contribution in [2.24, 2.45) is 0 Å². The summed E-state index contributed by atoms with van der Waals surface area (Å²) in [7, 11) is -3.29. The van der Waals surface area contributed by atoms with E-state index in [1.54, 1.807) is 12.1 Å². The highest BCUT2D eigenvalue weighted by molar-refractivity contribution is 7.92. The predicted octanol–water partition coefficient (Wildman–Crippen LogP) is 5.38. The van der Waals surface area contributed by atoms with Crippen LogP contribution < -0.4 is 13.9 Å². The molecule has 0 aliphatic carbocycles. The molecule has 3 aromatic rings. The lowest BCUT2D eigenvalue weighted by molar-refractivity contribution is -0.141. The van der Waals surface area contributed by atoms with Crippen LogP contribution in [0.3, 0.4) is 0 Å². The summed E-state index contributed by atoms with van der Waals surface area (Å²) >= 11 is 0. The van der Waals surface area contributed by atoms with Crippen LogP contribution in [0.25, 0.3) is 11.1 Å². The first-order valence-corrected chi connectivity index (χ1v) is 14.9. The average Bonchev–Trinajstić information content (AvgIpc) is 2.97. The van der Waals surface area contributed by atoms with Crippen molar-refractivity contribution in [2.75, 3.05) is 49.0 Å². The Hall–Kier alpha value is -3.98. The zero-order valence-electron chi connectivity index (χ0n) is 23.2. The van der Waals surface area contributed by atoms with E-state index in [-0.39, 0.29) is 29.8 Å². The molecule has 1 saturated heterocycles. The number of alkyl halides is 5. The molecule has 0 N–H and O–H groups in total. The molecule has 1 fully saturated rings. The molecule has 0 saturated carbocycles. The van der Waals surface area contributed by atoms with E-state index in [1.807, 2.05) is 9.80 Å². The van der Waals surface area contributed by atoms with E-state index < -0.39 is 56.8 Å². The molecular formula is C29H27F6N3O5S. The maximum atomic E-state index is 14.4. The molecule has 8 nitrogen and oxygen atoms in total. The van der Waals surface area contributed by atoms with Crippen LogP contribution in [0.4, 0.5) is 37.7 Å². The van der Waals surface area contributed by atoms with Crippen molar-refractivity contribution in [2.45, 2.75) is 30.1 Å². The summed E-state index contributed by atoms with van der Waals surface area (Å²) in [5.74, 6) is -1.71. The second-order valence-electron chi connectivity index (χ2n) is 10.3. The number of benzene rings is 3. The highest BCUT2D eigenvalue weighted by Crippen LogP contribution is 2.43. The third kappa shape index (κ3) is 6.58. The van der Waals surface area contributed by atoms with Crippen LogP contribution in [0.1, 0.15) is 12.0 Å². The number of esters is 1. The molecule has 0 unspecified atom stereocenters. The quantitative estimate of drug-likeness (QED) is 0.241. The number of methoxy groups -OCH3 is 1. The number of piperazine rings is 1. The molecule has 0 aromatic heterocycles. The number of anilines is 2. The van der Waals surface area contributed by atoms with Crippen molar-refractivity contribution in [1.82, 2.24) is 4.90 Å². The Kier molecular flexibility index (Phi) is 8.71. The number of hydrogen-bond acceptors (Lipinski definition) is 7. The Bertz CT molecular complexity index is 1650. The lowest BCUT2D eigenvalue weighted by atomic mass is 10.00. The maximum absolute atomic E-state index is 14.4. The molecule has 236 valence electrons. The van der Waals surface area contributed by atoms with Gasteiger partial charge in [0.15, 0.2) is 0 Å². The monoisotopic (exact) mass is 643 g/mol. The van der Waals surface area contributed by atoms with Gasteiger partial charge in [0, 0.05) is 32.2 Å². The average molecular weight is 644 g/mol. The molecule has 2 heterocycles. The summed E-state index contributed by atoms with van der Waals surface area (Å²) in [5.41, 5.74) is -0.158. The predicted molar refractivity (Wildman–Crippen MR) is 149 cm³/mol. The highest BCUT2D eigenvalue weighted by Gasteiger charge is 2.41. The maximum Gasteiger partial charge on any atom is 0.416 e. The summed E-state index contributed by atoms with van der Waals surface area (Å²) in [4.78, 5) is 15.1. The van der Waals surface area contributed by atoms with Gasteiger partial charge in [-0.25, -0.2) is 12.8 Å². The van der Waals surface area contributed by atoms with Crippen LogP contribution in [-0.2, 0) is 25.7 Å². The fourth-order valence-electron chi connectivity index (χ4n) is 5.47. The minimum absolute atomic E-state index is 0.120. The molecule has 0 spiro atoms. The van der Waals surface area contributed by atoms with Gasteiger partial charge in [-0.05, 0) is 53.6 Å². The normalized spacial score (nSPS) is 17.3. The highest BCUT2D eigenvalue weighted by atomic mass is 32.2. The van der Waals surface area contributed by atoms with Crippen LogP contribution in [-0.4, -0.2) is 71.8 Å². The molecule has 3 aromatic carbocycles. The minimum atomic E-state index is -4.78. The van der Waals surface area contributed by atoms with E-state index in [9.17, 15) is 39.6 Å². The first kappa shape index (κ1) is 31.4. The van der Waals surface area contributed by atoms with Gasteiger partial charge in [-0.3, -0.25) is 14.0 Å². The van der Waals surface area contributed by atoms with Crippen molar-refractivity contribution in [1.29, 1.82) is 0 Å². The van der Waals surface area contributed by atoms with E-state index in [2.05, 4.69) is 4.74 Å². The minimum Gasteiger partial charge on any atom is -0.469 e. The summed E-state index contributed by atoms with van der Waals surface area (Å²) in [5, 5.41) is 0. The fraction of sp³-hybridized carbons (Fsp3) is 0.345. The smallest absolute Gasteiger partial charge is 0.416 e. The Morgan fingerprint density at radius 2 is 1.75 bits per heavy atom. The zero-order valence-corrected chi connectivity index (χ0v) is 24.0. The Morgan fingerprint density at radius 3 is 2.45 bits per heavy atom. The van der Waals surface area contributed by atoms with Crippen LogP contribution in [0, 0.1) is 5.82 Å². The lowest BCUT2D eigenvalue weighted by Gasteiger charge is -2.49. The SMILES string of the molecule is COC(=O)CCN1CCN2c3ccc(-c4cc(F)cc(OC(F)F)c4)cc3N(S(=O)(=O)c3cccc(C(F)(F)F)c3)C[C@@H]2C1. The number of hydrogen-bond donors (Lipinski definition) is 0. The van der Waals surface area contributed by atoms with Crippen LogP contribution >= 0.6 is 0 Å². The van der Waals surface area contributed by atoms with Crippen molar-refractivity contribution >= 4 is 27.4 Å². The van der Waals surface area contributed by atoms with Crippen molar-refractivity contribution in [3.63, 3.8) is 0 Å². The molecule has 2 aliphatic heterocycles. The molecule has 0 bridgehead atoms. The third-order valence-electron chi connectivity index (χ3n) is 7.54. The van der Waals surface area contributed by atoms with Gasteiger partial charge in [0.1, 0.15) is 11.6 Å². The number of fused-ring (bicyclic) bond motifs is 3. The second-order valence-corrected chi connectivity index (χ2v) is 12.2. The number of rotatable bonds is 8. The number of halogens is 6. The first-order valence-electron chi connectivity index (χ1n) is 13.4. The molecule has 0 amide bonds. The summed E-state index contributed by atoms with van der Waals surface area (Å²) < 4.78 is 119. The van der Waals surface area contributed by atoms with Crippen molar-refractivity contribution in [3.05, 3.63) is 72.0 Å². The fourth-order valence-corrected chi connectivity index (χ4v) is 7.03. The number of sulfonamides is 1. The molecular weight excluding hydrogens is 616 g/mol. The number of ether oxygens (including phenoxy) is 2. The Labute approximate surface area is 249 Å². The van der Waals surface area contributed by atoms with E-state index in [0.717, 1.165) is 34.6 Å². The molecule has 5 rings (SSSR count). The molecule has 44 heavy (non-hydrogen) atoms. The largest absolute Gasteiger partial charge is 0.469 e. The second kappa shape index (κ2) is 12.2. The van der Waals surface area contributed by atoms with Gasteiger partial charge < -0.3 is 14.4 Å². The van der Waals surface area contributed by atoms with Gasteiger partial charge in [0.2, 0.25) is 0 Å². The molecule has 15 heteroatoms. The van der Waals surface area contributed by atoms with Crippen LogP contribution in [0.2, 0.25) is 0 Å². The van der Waals surface area contributed by atoms with E-state index in [4.69, 9.17) is 4.74 Å². The van der Waals surface area contributed by atoms with Gasteiger partial charge in [0.25, 0.3) is 10.0 Å². The van der Waals surface area contributed by atoms with Gasteiger partial charge in [0.05, 0.1) is 48.0 Å². The van der Waals surface area contributed by atoms with E-state index in [1.165, 1.54) is 19.2 Å². The molecule has 2 aliphatic rings. The number of nitrogens with zero attached hydrogens (tertiary/aromatic N) is 3. The van der Waals surface area contributed by atoms with Crippen molar-refractivity contribution < 1.29 is 49.0 Å². The van der Waals surface area contributed by atoms with Crippen LogP contribution in [0.5, 0.6) is 5.75 Å². The van der Waals surface area contributed by atoms with E-state index in [0.29, 0.717) is 37.9 Å². The zero-order chi connectivity index (χ0) is 31.8.